The van der Waals surface area contributed by atoms with Gasteiger partial charge in [-0.1, -0.05) is 52.6 Å². The Bertz CT molecular complexity index is 513. The van der Waals surface area contributed by atoms with Gasteiger partial charge in [0.15, 0.2) is 0 Å². The van der Waals surface area contributed by atoms with Gasteiger partial charge >= 0.3 is 0 Å². The number of nitrogens with zero attached hydrogens (tertiary/aromatic N) is 2. The van der Waals surface area contributed by atoms with E-state index < -0.39 is 16.5 Å². The molecule has 118 valence electrons. The molecule has 0 aliphatic rings. The molecule has 5 heteroatoms. The first-order chi connectivity index (χ1) is 9.54. The number of hydrogen-bond acceptors (Lipinski definition) is 2. The van der Waals surface area contributed by atoms with E-state index in [1.807, 2.05) is 0 Å². The van der Waals surface area contributed by atoms with Gasteiger partial charge in [0.05, 0.1) is 5.82 Å². The van der Waals surface area contributed by atoms with E-state index in [2.05, 4.69) is 68.4 Å². The largest absolute Gasteiger partial charge is 0.411 e. The van der Waals surface area contributed by atoms with Gasteiger partial charge in [0.25, 0.3) is 0 Å². The first-order valence-electron chi connectivity index (χ1n) is 7.96. The van der Waals surface area contributed by atoms with Crippen LogP contribution in [-0.4, -0.2) is 21.5 Å². The Morgan fingerprint density at radius 1 is 1.10 bits per heavy atom. The number of unbranched alkanes of at least 4 members (excludes halogenated alkanes) is 1. The van der Waals surface area contributed by atoms with Crippen LogP contribution in [0.25, 0.3) is 0 Å². The lowest BCUT2D eigenvalue weighted by atomic mass is 10.1. The fourth-order valence-electron chi connectivity index (χ4n) is 3.28. The standard InChI is InChI=1S/C16H31N3Si2/c1-9-10-11-14-13(2)16(18-15(14)12-17)19(20(3,4)5)21(6,7)8/h18H,9-11H2,1-8H3. The van der Waals surface area contributed by atoms with E-state index in [0.29, 0.717) is 0 Å². The van der Waals surface area contributed by atoms with Crippen LogP contribution in [-0.2, 0) is 6.42 Å². The van der Waals surface area contributed by atoms with Crippen LogP contribution in [0.1, 0.15) is 36.6 Å². The summed E-state index contributed by atoms with van der Waals surface area (Å²) in [6.45, 7) is 18.7. The van der Waals surface area contributed by atoms with Crippen LogP contribution >= 0.6 is 0 Å². The van der Waals surface area contributed by atoms with E-state index in [4.69, 9.17) is 0 Å². The van der Waals surface area contributed by atoms with Gasteiger partial charge in [-0.25, -0.2) is 0 Å². The van der Waals surface area contributed by atoms with Crippen LogP contribution in [0.15, 0.2) is 0 Å². The Morgan fingerprint density at radius 2 is 1.62 bits per heavy atom. The van der Waals surface area contributed by atoms with Gasteiger partial charge in [-0.15, -0.1) is 0 Å². The first kappa shape index (κ1) is 18.1. The molecule has 1 rings (SSSR count). The Morgan fingerprint density at radius 3 is 2.00 bits per heavy atom. The van der Waals surface area contributed by atoms with Crippen LogP contribution in [0.5, 0.6) is 0 Å². The number of anilines is 1. The number of hydrogen-bond donors (Lipinski definition) is 1. The molecular formula is C16H31N3Si2. The molecule has 0 aliphatic carbocycles. The molecule has 0 unspecified atom stereocenters. The summed E-state index contributed by atoms with van der Waals surface area (Å²) >= 11 is 0. The number of nitriles is 1. The average Bonchev–Trinajstić information content (AvgIpc) is 2.60. The molecule has 1 aromatic rings. The highest BCUT2D eigenvalue weighted by molar-refractivity contribution is 6.99. The van der Waals surface area contributed by atoms with Gasteiger partial charge in [-0.05, 0) is 30.9 Å². The van der Waals surface area contributed by atoms with Crippen molar-refractivity contribution in [2.24, 2.45) is 0 Å². The van der Waals surface area contributed by atoms with Crippen LogP contribution in [0.3, 0.4) is 0 Å². The van der Waals surface area contributed by atoms with Crippen LogP contribution < -0.4 is 4.23 Å². The van der Waals surface area contributed by atoms with E-state index in [0.717, 1.165) is 25.0 Å². The highest BCUT2D eigenvalue weighted by atomic mass is 28.4. The maximum Gasteiger partial charge on any atom is 0.139 e. The van der Waals surface area contributed by atoms with Crippen LogP contribution in [0, 0.1) is 18.3 Å². The topological polar surface area (TPSA) is 42.8 Å². The smallest absolute Gasteiger partial charge is 0.139 e. The van der Waals surface area contributed by atoms with E-state index in [-0.39, 0.29) is 0 Å². The van der Waals surface area contributed by atoms with Crippen molar-refractivity contribution in [1.29, 1.82) is 5.26 Å². The third-order valence-corrected chi connectivity index (χ3v) is 11.0. The van der Waals surface area contributed by atoms with Crippen molar-refractivity contribution in [1.82, 2.24) is 4.98 Å². The Labute approximate surface area is 132 Å². The Hall–Kier alpha value is -0.996. The van der Waals surface area contributed by atoms with E-state index >= 15 is 0 Å². The summed E-state index contributed by atoms with van der Waals surface area (Å²) in [5.74, 6) is 1.22. The van der Waals surface area contributed by atoms with Gasteiger partial charge in [-0.3, -0.25) is 0 Å². The lowest BCUT2D eigenvalue weighted by molar-refractivity contribution is 0.791. The third-order valence-electron chi connectivity index (χ3n) is 3.81. The quantitative estimate of drug-likeness (QED) is 0.748. The first-order valence-corrected chi connectivity index (χ1v) is 14.8. The van der Waals surface area contributed by atoms with E-state index in [1.165, 1.54) is 16.9 Å². The number of rotatable bonds is 6. The lowest BCUT2D eigenvalue weighted by Gasteiger charge is -2.45. The fraction of sp³-hybridized carbons (Fsp3) is 0.688. The maximum absolute atomic E-state index is 9.47. The second-order valence-corrected chi connectivity index (χ2v) is 17.9. The second kappa shape index (κ2) is 6.41. The average molecular weight is 322 g/mol. The predicted molar refractivity (Wildman–Crippen MR) is 98.0 cm³/mol. The summed E-state index contributed by atoms with van der Waals surface area (Å²) in [5.41, 5.74) is 3.30. The molecule has 0 fully saturated rings. The van der Waals surface area contributed by atoms with Crippen LogP contribution in [0.2, 0.25) is 39.3 Å². The van der Waals surface area contributed by atoms with Crippen molar-refractivity contribution < 1.29 is 0 Å². The second-order valence-electron chi connectivity index (χ2n) is 7.84. The molecule has 0 radical (unpaired) electrons. The number of H-pyrrole nitrogens is 1. The molecule has 1 N–H and O–H groups in total. The van der Waals surface area contributed by atoms with Gasteiger partial charge in [0.1, 0.15) is 28.2 Å². The Balaban J connectivity index is 3.41. The zero-order valence-corrected chi connectivity index (χ0v) is 17.0. The molecule has 3 nitrogen and oxygen atoms in total. The number of aromatic amines is 1. The van der Waals surface area contributed by atoms with Crippen molar-refractivity contribution in [3.8, 4) is 6.07 Å². The number of aromatic nitrogens is 1. The number of nitrogens with one attached hydrogen (secondary N) is 1. The molecule has 0 bridgehead atoms. The normalized spacial score (nSPS) is 12.3. The van der Waals surface area contributed by atoms with Crippen LogP contribution in [0.4, 0.5) is 5.82 Å². The van der Waals surface area contributed by atoms with Crippen molar-refractivity contribution in [2.45, 2.75) is 72.4 Å². The van der Waals surface area contributed by atoms with E-state index in [9.17, 15) is 5.26 Å². The molecule has 1 aromatic heterocycles. The Kier molecular flexibility index (Phi) is 5.51. The minimum Gasteiger partial charge on any atom is -0.411 e. The van der Waals surface area contributed by atoms with Gasteiger partial charge in [0, 0.05) is 0 Å². The van der Waals surface area contributed by atoms with Crippen molar-refractivity contribution in [3.63, 3.8) is 0 Å². The van der Waals surface area contributed by atoms with Crippen molar-refractivity contribution in [3.05, 3.63) is 16.8 Å². The monoisotopic (exact) mass is 321 g/mol. The third kappa shape index (κ3) is 4.01. The summed E-state index contributed by atoms with van der Waals surface area (Å²) in [5, 5.41) is 9.47. The maximum atomic E-state index is 9.47. The highest BCUT2D eigenvalue weighted by Crippen LogP contribution is 2.33. The highest BCUT2D eigenvalue weighted by Gasteiger charge is 2.37. The molecular weight excluding hydrogens is 290 g/mol. The molecule has 0 saturated heterocycles. The molecule has 0 spiro atoms. The molecule has 0 saturated carbocycles. The summed E-state index contributed by atoms with van der Waals surface area (Å²) < 4.78 is 2.67. The van der Waals surface area contributed by atoms with E-state index in [1.54, 1.807) is 0 Å². The van der Waals surface area contributed by atoms with Gasteiger partial charge < -0.3 is 9.22 Å². The molecule has 0 amide bonds. The van der Waals surface area contributed by atoms with Gasteiger partial charge in [0.2, 0.25) is 0 Å². The molecule has 0 aliphatic heterocycles. The molecule has 0 aromatic carbocycles. The molecule has 21 heavy (non-hydrogen) atoms. The fourth-order valence-corrected chi connectivity index (χ4v) is 13.1. The SMILES string of the molecule is CCCCc1c(C#N)[nH]c(N([Si](C)(C)C)[Si](C)(C)C)c1C. The van der Waals surface area contributed by atoms with Crippen molar-refractivity contribution in [2.75, 3.05) is 4.23 Å². The summed E-state index contributed by atoms with van der Waals surface area (Å²) in [7, 11) is -2.99. The zero-order valence-electron chi connectivity index (χ0n) is 15.0. The summed E-state index contributed by atoms with van der Waals surface area (Å²) in [6.07, 6.45) is 3.32. The minimum absolute atomic E-state index is 0.775. The summed E-state index contributed by atoms with van der Waals surface area (Å²) in [4.78, 5) is 3.46. The zero-order chi connectivity index (χ0) is 16.4. The molecule has 1 heterocycles. The molecule has 0 atom stereocenters. The van der Waals surface area contributed by atoms with Crippen molar-refractivity contribution >= 4 is 22.3 Å². The lowest BCUT2D eigenvalue weighted by Crippen LogP contribution is -2.60. The summed E-state index contributed by atoms with van der Waals surface area (Å²) in [6, 6.07) is 2.37. The predicted octanol–water partition coefficient (Wildman–Crippen LogP) is 5.01. The van der Waals surface area contributed by atoms with Gasteiger partial charge in [-0.2, -0.15) is 5.26 Å². The minimum atomic E-state index is -1.49.